The molecule has 1 amide bonds. The van der Waals surface area contributed by atoms with E-state index in [1.807, 2.05) is 42.5 Å². The number of rotatable bonds is 9. The van der Waals surface area contributed by atoms with Crippen LogP contribution in [0.1, 0.15) is 43.7 Å². The summed E-state index contributed by atoms with van der Waals surface area (Å²) in [5, 5.41) is 0. The van der Waals surface area contributed by atoms with Crippen LogP contribution in [0.5, 0.6) is 11.5 Å². The number of thiocarbonyl (C=S) groups is 1. The van der Waals surface area contributed by atoms with E-state index in [9.17, 15) is 4.79 Å². The van der Waals surface area contributed by atoms with E-state index in [1.54, 1.807) is 7.05 Å². The minimum atomic E-state index is -0.0557. The van der Waals surface area contributed by atoms with Crippen LogP contribution in [0.3, 0.4) is 0 Å². The van der Waals surface area contributed by atoms with Crippen molar-refractivity contribution in [3.05, 3.63) is 64.6 Å². The number of likely N-dealkylation sites (N-methyl/N-ethyl adjacent to an activating group) is 1. The summed E-state index contributed by atoms with van der Waals surface area (Å²) in [4.78, 5) is 14.2. The smallest absolute Gasteiger partial charge is 0.265 e. The number of amides is 1. The van der Waals surface area contributed by atoms with E-state index in [-0.39, 0.29) is 5.91 Å². The fourth-order valence-corrected chi connectivity index (χ4v) is 4.10. The van der Waals surface area contributed by atoms with Gasteiger partial charge in [0.15, 0.2) is 0 Å². The maximum atomic E-state index is 12.1. The first-order valence-electron chi connectivity index (χ1n) is 10.1. The number of carbonyl (C=O) groups is 1. The molecule has 6 heteroatoms. The van der Waals surface area contributed by atoms with E-state index in [4.69, 9.17) is 21.7 Å². The molecule has 4 nitrogen and oxygen atoms in total. The van der Waals surface area contributed by atoms with Crippen molar-refractivity contribution >= 4 is 40.3 Å². The highest BCUT2D eigenvalue weighted by atomic mass is 32.2. The number of hydrogen-bond donors (Lipinski definition) is 0. The fourth-order valence-electron chi connectivity index (χ4n) is 2.92. The van der Waals surface area contributed by atoms with Gasteiger partial charge in [-0.3, -0.25) is 9.69 Å². The van der Waals surface area contributed by atoms with E-state index >= 15 is 0 Å². The van der Waals surface area contributed by atoms with E-state index in [2.05, 4.69) is 26.0 Å². The molecule has 1 atom stereocenters. The van der Waals surface area contributed by atoms with Crippen molar-refractivity contribution in [2.75, 3.05) is 20.3 Å². The number of hydrogen-bond acceptors (Lipinski definition) is 5. The maximum Gasteiger partial charge on any atom is 0.265 e. The fraction of sp³-hybridized carbons (Fsp3) is 0.333. The van der Waals surface area contributed by atoms with Crippen molar-refractivity contribution in [2.45, 2.75) is 32.6 Å². The monoisotopic (exact) mass is 441 g/mol. The Morgan fingerprint density at radius 1 is 1.03 bits per heavy atom. The molecule has 0 saturated carbocycles. The first kappa shape index (κ1) is 22.4. The maximum absolute atomic E-state index is 12.1. The van der Waals surface area contributed by atoms with Crippen LogP contribution in [0.15, 0.2) is 53.4 Å². The topological polar surface area (TPSA) is 38.8 Å². The van der Waals surface area contributed by atoms with Crippen molar-refractivity contribution in [2.24, 2.45) is 0 Å². The second-order valence-electron chi connectivity index (χ2n) is 7.24. The van der Waals surface area contributed by atoms with Gasteiger partial charge in [0, 0.05) is 13.5 Å². The molecule has 3 rings (SSSR count). The Morgan fingerprint density at radius 2 is 1.60 bits per heavy atom. The van der Waals surface area contributed by atoms with E-state index in [0.29, 0.717) is 28.4 Å². The average Bonchev–Trinajstić information content (AvgIpc) is 3.01. The van der Waals surface area contributed by atoms with Crippen molar-refractivity contribution in [3.63, 3.8) is 0 Å². The Kier molecular flexibility index (Phi) is 7.94. The van der Waals surface area contributed by atoms with Crippen molar-refractivity contribution in [1.29, 1.82) is 0 Å². The number of ether oxygens (including phenoxy) is 2. The van der Waals surface area contributed by atoms with Crippen LogP contribution < -0.4 is 9.47 Å². The molecule has 1 aliphatic rings. The van der Waals surface area contributed by atoms with Gasteiger partial charge in [-0.1, -0.05) is 62.1 Å². The minimum Gasteiger partial charge on any atom is -0.493 e. The lowest BCUT2D eigenvalue weighted by atomic mass is 9.99. The molecule has 30 heavy (non-hydrogen) atoms. The standard InChI is InChI=1S/C24H27NO3S2/c1-4-17(2)19-8-12-21(13-9-19)28-15-5-14-27-20-10-6-18(7-11-20)16-22-23(26)25(3)24(29)30-22/h6-13,16-17H,4-5,14-15H2,1-3H3/b22-16+/t17-/m0/s1. The molecule has 1 heterocycles. The molecule has 1 aliphatic heterocycles. The molecule has 0 unspecified atom stereocenters. The molecule has 0 radical (unpaired) electrons. The van der Waals surface area contributed by atoms with Gasteiger partial charge in [0.2, 0.25) is 0 Å². The molecular formula is C24H27NO3S2. The first-order valence-corrected chi connectivity index (χ1v) is 11.4. The summed E-state index contributed by atoms with van der Waals surface area (Å²) < 4.78 is 12.2. The van der Waals surface area contributed by atoms with Gasteiger partial charge in [-0.05, 0) is 53.8 Å². The number of nitrogens with zero attached hydrogens (tertiary/aromatic N) is 1. The summed E-state index contributed by atoms with van der Waals surface area (Å²) in [6.07, 6.45) is 3.79. The molecule has 0 aromatic heterocycles. The van der Waals surface area contributed by atoms with Gasteiger partial charge in [-0.2, -0.15) is 0 Å². The lowest BCUT2D eigenvalue weighted by molar-refractivity contribution is -0.121. The van der Waals surface area contributed by atoms with Crippen LogP contribution in [0.4, 0.5) is 0 Å². The van der Waals surface area contributed by atoms with Gasteiger partial charge in [0.1, 0.15) is 15.8 Å². The Morgan fingerprint density at radius 3 is 2.10 bits per heavy atom. The van der Waals surface area contributed by atoms with Crippen molar-refractivity contribution < 1.29 is 14.3 Å². The van der Waals surface area contributed by atoms with Crippen LogP contribution in [0.2, 0.25) is 0 Å². The normalized spacial score (nSPS) is 16.2. The molecule has 2 aromatic rings. The first-order chi connectivity index (χ1) is 14.5. The second-order valence-corrected chi connectivity index (χ2v) is 8.91. The summed E-state index contributed by atoms with van der Waals surface area (Å²) in [6.45, 7) is 5.63. The predicted octanol–water partition coefficient (Wildman–Crippen LogP) is 5.88. The summed E-state index contributed by atoms with van der Waals surface area (Å²) >= 11 is 6.48. The molecule has 0 N–H and O–H groups in total. The van der Waals surface area contributed by atoms with Crippen LogP contribution >= 0.6 is 24.0 Å². The molecule has 1 fully saturated rings. The lowest BCUT2D eigenvalue weighted by Gasteiger charge is -2.11. The summed E-state index contributed by atoms with van der Waals surface area (Å²) in [6, 6.07) is 16.0. The summed E-state index contributed by atoms with van der Waals surface area (Å²) in [5.74, 6) is 2.21. The van der Waals surface area contributed by atoms with Crippen LogP contribution in [0.25, 0.3) is 6.08 Å². The summed E-state index contributed by atoms with van der Waals surface area (Å²) in [5.41, 5.74) is 2.29. The van der Waals surface area contributed by atoms with Crippen molar-refractivity contribution in [1.82, 2.24) is 4.90 Å². The van der Waals surface area contributed by atoms with Gasteiger partial charge in [0.25, 0.3) is 5.91 Å². The van der Waals surface area contributed by atoms with Gasteiger partial charge >= 0.3 is 0 Å². The zero-order valence-corrected chi connectivity index (χ0v) is 19.2. The largest absolute Gasteiger partial charge is 0.493 e. The molecular weight excluding hydrogens is 414 g/mol. The van der Waals surface area contributed by atoms with Crippen LogP contribution in [-0.2, 0) is 4.79 Å². The number of carbonyl (C=O) groups excluding carboxylic acids is 1. The highest BCUT2D eigenvalue weighted by Crippen LogP contribution is 2.31. The Balaban J connectivity index is 1.40. The highest BCUT2D eigenvalue weighted by Gasteiger charge is 2.28. The third-order valence-electron chi connectivity index (χ3n) is 5.05. The SMILES string of the molecule is CC[C@H](C)c1ccc(OCCCOc2ccc(/C=C3/SC(=S)N(C)C3=O)cc2)cc1. The van der Waals surface area contributed by atoms with E-state index in [1.165, 1.54) is 22.2 Å². The molecule has 1 saturated heterocycles. The highest BCUT2D eigenvalue weighted by molar-refractivity contribution is 8.26. The zero-order valence-electron chi connectivity index (χ0n) is 17.6. The Labute approximate surface area is 188 Å². The lowest BCUT2D eigenvalue weighted by Crippen LogP contribution is -2.22. The predicted molar refractivity (Wildman–Crippen MR) is 128 cm³/mol. The Hall–Kier alpha value is -2.31. The third-order valence-corrected chi connectivity index (χ3v) is 6.54. The van der Waals surface area contributed by atoms with Crippen molar-refractivity contribution in [3.8, 4) is 11.5 Å². The van der Waals surface area contributed by atoms with Gasteiger partial charge < -0.3 is 9.47 Å². The average molecular weight is 442 g/mol. The van der Waals surface area contributed by atoms with Crippen LogP contribution in [-0.4, -0.2) is 35.4 Å². The van der Waals surface area contributed by atoms with Crippen LogP contribution in [0, 0.1) is 0 Å². The molecule has 158 valence electrons. The Bertz CT molecular complexity index is 907. The molecule has 0 aliphatic carbocycles. The van der Waals surface area contributed by atoms with E-state index in [0.717, 1.165) is 29.9 Å². The second kappa shape index (κ2) is 10.6. The molecule has 0 spiro atoms. The quantitative estimate of drug-likeness (QED) is 0.276. The van der Waals surface area contributed by atoms with Gasteiger partial charge in [-0.15, -0.1) is 0 Å². The number of thioether (sulfide) groups is 1. The summed E-state index contributed by atoms with van der Waals surface area (Å²) in [7, 11) is 1.70. The van der Waals surface area contributed by atoms with E-state index < -0.39 is 0 Å². The van der Waals surface area contributed by atoms with Gasteiger partial charge in [0.05, 0.1) is 18.1 Å². The minimum absolute atomic E-state index is 0.0557. The van der Waals surface area contributed by atoms with Gasteiger partial charge in [-0.25, -0.2) is 0 Å². The number of benzene rings is 2. The molecule has 2 aromatic carbocycles. The molecule has 0 bridgehead atoms. The zero-order chi connectivity index (χ0) is 21.5. The third kappa shape index (κ3) is 5.86.